The number of rotatable bonds is 5. The van der Waals surface area contributed by atoms with Gasteiger partial charge in [0, 0.05) is 18.8 Å². The zero-order valence-electron chi connectivity index (χ0n) is 11.7. The lowest BCUT2D eigenvalue weighted by Gasteiger charge is -2.10. The van der Waals surface area contributed by atoms with Gasteiger partial charge in [0.2, 0.25) is 5.88 Å². The van der Waals surface area contributed by atoms with Crippen molar-refractivity contribution in [3.05, 3.63) is 51.6 Å². The van der Waals surface area contributed by atoms with Crippen LogP contribution in [-0.2, 0) is 6.54 Å². The second-order valence-corrected chi connectivity index (χ2v) is 6.14. The molecule has 0 amide bonds. The molecule has 110 valence electrons. The molecule has 3 nitrogen and oxygen atoms in total. The molecule has 1 aliphatic carbocycles. The normalized spacial score (nSPS) is 14.2. The summed E-state index contributed by atoms with van der Waals surface area (Å²) in [6.45, 7) is 2.76. The molecule has 0 spiro atoms. The van der Waals surface area contributed by atoms with Crippen LogP contribution in [0.15, 0.2) is 30.5 Å². The highest BCUT2D eigenvalue weighted by Gasteiger charge is 2.20. The van der Waals surface area contributed by atoms with Gasteiger partial charge in [-0.3, -0.25) is 0 Å². The number of aryl methyl sites for hydroxylation is 1. The van der Waals surface area contributed by atoms with Gasteiger partial charge in [0.15, 0.2) is 0 Å². The first-order valence-corrected chi connectivity index (χ1v) is 7.69. The third-order valence-corrected chi connectivity index (χ3v) is 3.91. The van der Waals surface area contributed by atoms with Crippen molar-refractivity contribution in [1.82, 2.24) is 10.3 Å². The van der Waals surface area contributed by atoms with Crippen molar-refractivity contribution in [3.63, 3.8) is 0 Å². The Balaban J connectivity index is 1.74. The minimum absolute atomic E-state index is 0.374. The quantitative estimate of drug-likeness (QED) is 0.863. The first-order chi connectivity index (χ1) is 10.1. The third kappa shape index (κ3) is 3.88. The lowest BCUT2D eigenvalue weighted by Crippen LogP contribution is -2.15. The van der Waals surface area contributed by atoms with Crippen LogP contribution in [-0.4, -0.2) is 11.0 Å². The van der Waals surface area contributed by atoms with E-state index in [0.717, 1.165) is 17.7 Å². The van der Waals surface area contributed by atoms with Crippen LogP contribution in [0, 0.1) is 6.92 Å². The van der Waals surface area contributed by atoms with Gasteiger partial charge in [-0.1, -0.05) is 29.3 Å². The van der Waals surface area contributed by atoms with Crippen LogP contribution < -0.4 is 10.1 Å². The lowest BCUT2D eigenvalue weighted by molar-refractivity contribution is 0.462. The maximum absolute atomic E-state index is 6.24. The van der Waals surface area contributed by atoms with Gasteiger partial charge in [0.05, 0.1) is 5.02 Å². The van der Waals surface area contributed by atoms with Gasteiger partial charge in [-0.15, -0.1) is 0 Å². The Morgan fingerprint density at radius 3 is 2.76 bits per heavy atom. The molecule has 0 aliphatic heterocycles. The van der Waals surface area contributed by atoms with Crippen LogP contribution >= 0.6 is 23.2 Å². The van der Waals surface area contributed by atoms with Crippen molar-refractivity contribution in [3.8, 4) is 11.6 Å². The summed E-state index contributed by atoms with van der Waals surface area (Å²) in [6, 6.07) is 8.13. The van der Waals surface area contributed by atoms with E-state index in [4.69, 9.17) is 27.9 Å². The van der Waals surface area contributed by atoms with Gasteiger partial charge < -0.3 is 10.1 Å². The summed E-state index contributed by atoms with van der Waals surface area (Å²) in [7, 11) is 0. The molecule has 1 N–H and O–H groups in total. The molecular weight excluding hydrogens is 307 g/mol. The minimum atomic E-state index is 0.374. The molecule has 0 saturated heterocycles. The van der Waals surface area contributed by atoms with Crippen LogP contribution in [0.3, 0.4) is 0 Å². The minimum Gasteiger partial charge on any atom is -0.436 e. The van der Waals surface area contributed by atoms with Gasteiger partial charge in [0.25, 0.3) is 0 Å². The first-order valence-electron chi connectivity index (χ1n) is 6.93. The van der Waals surface area contributed by atoms with E-state index in [1.54, 1.807) is 12.3 Å². The number of hydrogen-bond donors (Lipinski definition) is 1. The number of nitrogens with one attached hydrogen (secondary N) is 1. The number of pyridine rings is 1. The van der Waals surface area contributed by atoms with Crippen LogP contribution in [0.4, 0.5) is 0 Å². The molecule has 0 atom stereocenters. The number of nitrogens with zero attached hydrogens (tertiary/aromatic N) is 1. The van der Waals surface area contributed by atoms with Crippen molar-refractivity contribution in [1.29, 1.82) is 0 Å². The standard InChI is InChI=1S/C16H16Cl2N2O/c1-10-2-5-13(17)15(6-10)21-16-14(18)7-11(9-20-16)8-19-12-3-4-12/h2,5-7,9,12,19H,3-4,8H2,1H3. The topological polar surface area (TPSA) is 34.1 Å². The average Bonchev–Trinajstić information content (AvgIpc) is 3.27. The van der Waals surface area contributed by atoms with Gasteiger partial charge in [-0.2, -0.15) is 0 Å². The van der Waals surface area contributed by atoms with E-state index in [0.29, 0.717) is 27.7 Å². The van der Waals surface area contributed by atoms with Gasteiger partial charge in [0.1, 0.15) is 10.8 Å². The van der Waals surface area contributed by atoms with Crippen LogP contribution in [0.1, 0.15) is 24.0 Å². The molecule has 2 aromatic rings. The largest absolute Gasteiger partial charge is 0.436 e. The molecule has 1 aromatic heterocycles. The maximum Gasteiger partial charge on any atom is 0.238 e. The highest BCUT2D eigenvalue weighted by Crippen LogP contribution is 2.33. The summed E-state index contributed by atoms with van der Waals surface area (Å²) in [5.74, 6) is 0.939. The van der Waals surface area contributed by atoms with Crippen LogP contribution in [0.5, 0.6) is 11.6 Å². The summed E-state index contributed by atoms with van der Waals surface area (Å²) < 4.78 is 5.72. The summed E-state index contributed by atoms with van der Waals surface area (Å²) in [5, 5.41) is 4.45. The Labute approximate surface area is 134 Å². The molecule has 1 heterocycles. The monoisotopic (exact) mass is 322 g/mol. The molecule has 1 fully saturated rings. The summed E-state index contributed by atoms with van der Waals surface area (Å²) in [6.07, 6.45) is 4.29. The van der Waals surface area contributed by atoms with Crippen LogP contribution in [0.25, 0.3) is 0 Å². The lowest BCUT2D eigenvalue weighted by atomic mass is 10.2. The molecule has 5 heteroatoms. The Morgan fingerprint density at radius 1 is 1.24 bits per heavy atom. The first kappa shape index (κ1) is 14.6. The SMILES string of the molecule is Cc1ccc(Cl)c(Oc2ncc(CNC3CC3)cc2Cl)c1. The van der Waals surface area contributed by atoms with Gasteiger partial charge >= 0.3 is 0 Å². The van der Waals surface area contributed by atoms with Crippen molar-refractivity contribution in [2.75, 3.05) is 0 Å². The van der Waals surface area contributed by atoms with E-state index >= 15 is 0 Å². The summed E-state index contributed by atoms with van der Waals surface area (Å²) >= 11 is 12.4. The summed E-state index contributed by atoms with van der Waals surface area (Å²) in [5.41, 5.74) is 2.12. The zero-order valence-corrected chi connectivity index (χ0v) is 13.2. The van der Waals surface area contributed by atoms with E-state index in [2.05, 4.69) is 10.3 Å². The van der Waals surface area contributed by atoms with E-state index in [-0.39, 0.29) is 0 Å². The third-order valence-electron chi connectivity index (χ3n) is 3.33. The molecule has 21 heavy (non-hydrogen) atoms. The van der Waals surface area contributed by atoms with Crippen molar-refractivity contribution in [2.24, 2.45) is 0 Å². The number of ether oxygens (including phenoxy) is 1. The van der Waals surface area contributed by atoms with E-state index in [1.165, 1.54) is 12.8 Å². The Bertz CT molecular complexity index is 657. The Morgan fingerprint density at radius 2 is 2.05 bits per heavy atom. The molecule has 0 radical (unpaired) electrons. The number of halogens is 2. The molecule has 1 saturated carbocycles. The second-order valence-electron chi connectivity index (χ2n) is 5.32. The highest BCUT2D eigenvalue weighted by atomic mass is 35.5. The fourth-order valence-corrected chi connectivity index (χ4v) is 2.36. The molecule has 0 unspecified atom stereocenters. The van der Waals surface area contributed by atoms with E-state index in [1.807, 2.05) is 25.1 Å². The van der Waals surface area contributed by atoms with E-state index in [9.17, 15) is 0 Å². The number of hydrogen-bond acceptors (Lipinski definition) is 3. The smallest absolute Gasteiger partial charge is 0.238 e. The fourth-order valence-electron chi connectivity index (χ4n) is 1.98. The number of aromatic nitrogens is 1. The average molecular weight is 323 g/mol. The predicted molar refractivity (Wildman–Crippen MR) is 85.4 cm³/mol. The molecule has 1 aliphatic rings. The Kier molecular flexibility index (Phi) is 4.34. The summed E-state index contributed by atoms with van der Waals surface area (Å²) in [4.78, 5) is 4.29. The zero-order chi connectivity index (χ0) is 14.8. The fraction of sp³-hybridized carbons (Fsp3) is 0.312. The van der Waals surface area contributed by atoms with E-state index < -0.39 is 0 Å². The predicted octanol–water partition coefficient (Wildman–Crippen LogP) is 4.74. The van der Waals surface area contributed by atoms with Crippen molar-refractivity contribution >= 4 is 23.2 Å². The maximum atomic E-state index is 6.24. The van der Waals surface area contributed by atoms with Crippen molar-refractivity contribution < 1.29 is 4.74 Å². The van der Waals surface area contributed by atoms with Gasteiger partial charge in [-0.25, -0.2) is 4.98 Å². The Hall–Kier alpha value is -1.29. The molecular formula is C16H16Cl2N2O. The van der Waals surface area contributed by atoms with Gasteiger partial charge in [-0.05, 0) is 49.1 Å². The van der Waals surface area contributed by atoms with Crippen LogP contribution in [0.2, 0.25) is 10.0 Å². The molecule has 1 aromatic carbocycles. The second kappa shape index (κ2) is 6.22. The molecule has 0 bridgehead atoms. The highest BCUT2D eigenvalue weighted by molar-refractivity contribution is 6.32. The molecule has 3 rings (SSSR count). The van der Waals surface area contributed by atoms with Crippen molar-refractivity contribution in [2.45, 2.75) is 32.4 Å². The number of benzene rings is 1.